The molecule has 0 aliphatic carbocycles. The Morgan fingerprint density at radius 1 is 1.10 bits per heavy atom. The molecule has 0 unspecified atom stereocenters. The van der Waals surface area contributed by atoms with E-state index in [0.29, 0.717) is 6.54 Å². The van der Waals surface area contributed by atoms with Crippen LogP contribution in [0.25, 0.3) is 10.8 Å². The van der Waals surface area contributed by atoms with Gasteiger partial charge in [-0.3, -0.25) is 0 Å². The van der Waals surface area contributed by atoms with Crippen LogP contribution >= 0.6 is 11.8 Å². The number of carbonyl (C=O) groups is 1. The number of thioether (sulfide) groups is 1. The molecule has 21 heavy (non-hydrogen) atoms. The predicted molar refractivity (Wildman–Crippen MR) is 89.9 cm³/mol. The van der Waals surface area contributed by atoms with Gasteiger partial charge in [0, 0.05) is 31.1 Å². The van der Waals surface area contributed by atoms with Crippen LogP contribution in [0.5, 0.6) is 0 Å². The van der Waals surface area contributed by atoms with Crippen molar-refractivity contribution in [1.29, 1.82) is 0 Å². The lowest BCUT2D eigenvalue weighted by Gasteiger charge is -2.26. The topological polar surface area (TPSA) is 32.3 Å². The van der Waals surface area contributed by atoms with Crippen LogP contribution in [-0.2, 0) is 6.42 Å². The van der Waals surface area contributed by atoms with E-state index in [4.69, 9.17) is 0 Å². The van der Waals surface area contributed by atoms with E-state index in [2.05, 4.69) is 47.8 Å². The molecule has 3 rings (SSSR count). The number of hydrogen-bond donors (Lipinski definition) is 1. The quantitative estimate of drug-likeness (QED) is 0.944. The first kappa shape index (κ1) is 14.3. The zero-order valence-electron chi connectivity index (χ0n) is 12.0. The molecule has 0 saturated carbocycles. The molecule has 3 nitrogen and oxygen atoms in total. The van der Waals surface area contributed by atoms with Gasteiger partial charge in [0.15, 0.2) is 0 Å². The number of carbonyl (C=O) groups excluding carboxylic acids is 1. The number of urea groups is 1. The Morgan fingerprint density at radius 3 is 2.71 bits per heavy atom. The first-order valence-corrected chi connectivity index (χ1v) is 8.57. The van der Waals surface area contributed by atoms with Crippen LogP contribution in [-0.4, -0.2) is 42.1 Å². The highest BCUT2D eigenvalue weighted by Gasteiger charge is 2.15. The fraction of sp³-hybridized carbons (Fsp3) is 0.353. The van der Waals surface area contributed by atoms with Gasteiger partial charge in [0.05, 0.1) is 0 Å². The third-order valence-electron chi connectivity index (χ3n) is 3.85. The highest BCUT2D eigenvalue weighted by molar-refractivity contribution is 7.99. The van der Waals surface area contributed by atoms with Crippen LogP contribution in [0, 0.1) is 0 Å². The molecule has 110 valence electrons. The number of rotatable bonds is 3. The van der Waals surface area contributed by atoms with Crippen molar-refractivity contribution in [2.45, 2.75) is 6.42 Å². The summed E-state index contributed by atoms with van der Waals surface area (Å²) in [5.74, 6) is 2.10. The average Bonchev–Trinajstić information content (AvgIpc) is 2.56. The summed E-state index contributed by atoms with van der Waals surface area (Å²) in [4.78, 5) is 14.0. The minimum absolute atomic E-state index is 0.0792. The van der Waals surface area contributed by atoms with E-state index in [1.165, 1.54) is 16.3 Å². The van der Waals surface area contributed by atoms with Crippen LogP contribution in [0.15, 0.2) is 42.5 Å². The third-order valence-corrected chi connectivity index (χ3v) is 4.79. The molecule has 0 atom stereocenters. The molecule has 1 heterocycles. The van der Waals surface area contributed by atoms with Gasteiger partial charge in [0.25, 0.3) is 0 Å². The summed E-state index contributed by atoms with van der Waals surface area (Å²) in [5, 5.41) is 5.58. The van der Waals surface area contributed by atoms with E-state index in [0.717, 1.165) is 31.0 Å². The molecule has 2 aromatic rings. The van der Waals surface area contributed by atoms with Gasteiger partial charge in [-0.15, -0.1) is 0 Å². The van der Waals surface area contributed by atoms with Crippen LogP contribution in [0.1, 0.15) is 5.56 Å². The van der Waals surface area contributed by atoms with Crippen LogP contribution in [0.2, 0.25) is 0 Å². The van der Waals surface area contributed by atoms with E-state index in [1.807, 2.05) is 16.7 Å². The highest BCUT2D eigenvalue weighted by Crippen LogP contribution is 2.18. The number of fused-ring (bicyclic) bond motifs is 1. The van der Waals surface area contributed by atoms with Crippen LogP contribution in [0.4, 0.5) is 4.79 Å². The van der Waals surface area contributed by atoms with E-state index >= 15 is 0 Å². The molecule has 2 aromatic carbocycles. The molecule has 0 radical (unpaired) electrons. The lowest BCUT2D eigenvalue weighted by atomic mass is 10.0. The summed E-state index contributed by atoms with van der Waals surface area (Å²) in [6.07, 6.45) is 0.871. The van der Waals surface area contributed by atoms with Gasteiger partial charge in [0.1, 0.15) is 0 Å². The van der Waals surface area contributed by atoms with Crippen molar-refractivity contribution in [1.82, 2.24) is 10.2 Å². The predicted octanol–water partition coefficient (Wildman–Crippen LogP) is 3.14. The minimum atomic E-state index is 0.0792. The molecule has 2 amide bonds. The van der Waals surface area contributed by atoms with Gasteiger partial charge in [0.2, 0.25) is 0 Å². The Kier molecular flexibility index (Phi) is 4.65. The van der Waals surface area contributed by atoms with E-state index in [1.54, 1.807) is 0 Å². The van der Waals surface area contributed by atoms with Crippen LogP contribution < -0.4 is 5.32 Å². The van der Waals surface area contributed by atoms with Crippen molar-refractivity contribution in [3.63, 3.8) is 0 Å². The van der Waals surface area contributed by atoms with Crippen molar-refractivity contribution >= 4 is 28.6 Å². The SMILES string of the molecule is O=C(NCCc1cccc2ccccc12)N1CCSCC1. The van der Waals surface area contributed by atoms with Gasteiger partial charge < -0.3 is 10.2 Å². The van der Waals surface area contributed by atoms with Crippen molar-refractivity contribution in [2.75, 3.05) is 31.1 Å². The molecular formula is C17H20N2OS. The highest BCUT2D eigenvalue weighted by atomic mass is 32.2. The third kappa shape index (κ3) is 3.50. The molecule has 1 aliphatic heterocycles. The monoisotopic (exact) mass is 300 g/mol. The summed E-state index contributed by atoms with van der Waals surface area (Å²) in [7, 11) is 0. The molecule has 1 aliphatic rings. The van der Waals surface area contributed by atoms with E-state index in [-0.39, 0.29) is 6.03 Å². The molecule has 0 spiro atoms. The maximum absolute atomic E-state index is 12.1. The molecule has 1 saturated heterocycles. The maximum atomic E-state index is 12.1. The Hall–Kier alpha value is -1.68. The summed E-state index contributed by atoms with van der Waals surface area (Å²) < 4.78 is 0. The molecule has 0 bridgehead atoms. The smallest absolute Gasteiger partial charge is 0.317 e. The molecule has 4 heteroatoms. The minimum Gasteiger partial charge on any atom is -0.338 e. The van der Waals surface area contributed by atoms with Gasteiger partial charge >= 0.3 is 6.03 Å². The normalized spacial score (nSPS) is 15.1. The summed E-state index contributed by atoms with van der Waals surface area (Å²) in [6, 6.07) is 14.8. The number of nitrogens with one attached hydrogen (secondary N) is 1. The number of benzene rings is 2. The maximum Gasteiger partial charge on any atom is 0.317 e. The van der Waals surface area contributed by atoms with E-state index < -0.39 is 0 Å². The largest absolute Gasteiger partial charge is 0.338 e. The molecule has 1 N–H and O–H groups in total. The van der Waals surface area contributed by atoms with Crippen molar-refractivity contribution in [3.8, 4) is 0 Å². The van der Waals surface area contributed by atoms with Crippen molar-refractivity contribution in [2.24, 2.45) is 0 Å². The Bertz CT molecular complexity index is 618. The lowest BCUT2D eigenvalue weighted by molar-refractivity contribution is 0.203. The number of nitrogens with zero attached hydrogens (tertiary/aromatic N) is 1. The van der Waals surface area contributed by atoms with Crippen LogP contribution in [0.3, 0.4) is 0 Å². The Balaban J connectivity index is 1.58. The second-order valence-electron chi connectivity index (χ2n) is 5.22. The fourth-order valence-electron chi connectivity index (χ4n) is 2.69. The summed E-state index contributed by atoms with van der Waals surface area (Å²) in [6.45, 7) is 2.42. The Labute approximate surface area is 129 Å². The van der Waals surface area contributed by atoms with Crippen molar-refractivity contribution in [3.05, 3.63) is 48.0 Å². The van der Waals surface area contributed by atoms with E-state index in [9.17, 15) is 4.79 Å². The zero-order valence-corrected chi connectivity index (χ0v) is 12.9. The second kappa shape index (κ2) is 6.85. The first-order valence-electron chi connectivity index (χ1n) is 7.42. The van der Waals surface area contributed by atoms with Gasteiger partial charge in [-0.05, 0) is 22.8 Å². The fourth-order valence-corrected chi connectivity index (χ4v) is 3.60. The number of hydrogen-bond acceptors (Lipinski definition) is 2. The lowest BCUT2D eigenvalue weighted by Crippen LogP contribution is -2.44. The standard InChI is InChI=1S/C17H20N2OS/c20-17(19-10-12-21-13-11-19)18-9-8-15-6-3-5-14-4-1-2-7-16(14)15/h1-7H,8-13H2,(H,18,20). The summed E-state index contributed by atoms with van der Waals surface area (Å²) in [5.41, 5.74) is 1.29. The van der Waals surface area contributed by atoms with Gasteiger partial charge in [-0.25, -0.2) is 4.79 Å². The first-order chi connectivity index (χ1) is 10.3. The zero-order chi connectivity index (χ0) is 14.5. The van der Waals surface area contributed by atoms with Gasteiger partial charge in [-0.2, -0.15) is 11.8 Å². The number of amides is 2. The Morgan fingerprint density at radius 2 is 1.86 bits per heavy atom. The molecular weight excluding hydrogens is 280 g/mol. The van der Waals surface area contributed by atoms with Gasteiger partial charge in [-0.1, -0.05) is 42.5 Å². The average molecular weight is 300 g/mol. The molecule has 1 fully saturated rings. The second-order valence-corrected chi connectivity index (χ2v) is 6.44. The summed E-state index contributed by atoms with van der Waals surface area (Å²) >= 11 is 1.92. The molecule has 0 aromatic heterocycles. The van der Waals surface area contributed by atoms with Crippen molar-refractivity contribution < 1.29 is 4.79 Å².